The summed E-state index contributed by atoms with van der Waals surface area (Å²) in [4.78, 5) is 30.6. The highest BCUT2D eigenvalue weighted by molar-refractivity contribution is 5.84. The molecule has 0 bridgehead atoms. The van der Waals surface area contributed by atoms with Crippen LogP contribution in [0.25, 0.3) is 0 Å². The lowest BCUT2D eigenvalue weighted by Gasteiger charge is -2.22. The third-order valence-electron chi connectivity index (χ3n) is 4.36. The first-order valence-electron chi connectivity index (χ1n) is 9.97. The number of nitrogens with one attached hydrogen (secondary N) is 2. The monoisotopic (exact) mass is 562 g/mol. The van der Waals surface area contributed by atoms with Crippen LogP contribution in [0.3, 0.4) is 0 Å². The van der Waals surface area contributed by atoms with Crippen LogP contribution in [0, 0.1) is 20.2 Å². The van der Waals surface area contributed by atoms with Crippen LogP contribution in [0.4, 0.5) is 55.3 Å². The van der Waals surface area contributed by atoms with E-state index in [1.807, 2.05) is 0 Å². The van der Waals surface area contributed by atoms with Crippen molar-refractivity contribution in [3.05, 3.63) is 68.3 Å². The Balaban J connectivity index is 1.95. The van der Waals surface area contributed by atoms with Gasteiger partial charge in [0.05, 0.1) is 16.1 Å². The summed E-state index contributed by atoms with van der Waals surface area (Å²) in [5.41, 5.74) is 1.16. The Morgan fingerprint density at radius 1 is 0.897 bits per heavy atom. The van der Waals surface area contributed by atoms with Gasteiger partial charge >= 0.3 is 18.4 Å². The molecule has 20 heteroatoms. The van der Waals surface area contributed by atoms with Gasteiger partial charge in [-0.25, -0.2) is 5.43 Å². The fraction of sp³-hybridized carbons (Fsp3) is 0.158. The van der Waals surface area contributed by atoms with Gasteiger partial charge in [0.25, 0.3) is 23.4 Å². The van der Waals surface area contributed by atoms with Gasteiger partial charge in [-0.2, -0.15) is 46.4 Å². The van der Waals surface area contributed by atoms with E-state index in [2.05, 4.69) is 35.5 Å². The molecule has 1 heterocycles. The minimum atomic E-state index is -5.90. The quantitative estimate of drug-likeness (QED) is 0.144. The number of hydrogen-bond donors (Lipinski definition) is 3. The van der Waals surface area contributed by atoms with Crippen molar-refractivity contribution in [2.45, 2.75) is 18.5 Å². The van der Waals surface area contributed by atoms with Crippen molar-refractivity contribution in [2.75, 3.05) is 10.7 Å². The zero-order chi connectivity index (χ0) is 29.0. The van der Waals surface area contributed by atoms with Crippen LogP contribution in [0.15, 0.2) is 47.6 Å². The molecule has 39 heavy (non-hydrogen) atoms. The molecule has 0 spiro atoms. The predicted octanol–water partition coefficient (Wildman–Crippen LogP) is 4.46. The van der Waals surface area contributed by atoms with Crippen molar-refractivity contribution in [3.63, 3.8) is 0 Å². The number of alkyl halides is 6. The number of phenols is 1. The first-order valence-corrected chi connectivity index (χ1v) is 9.97. The number of hydrogen-bond acceptors (Lipinski definition) is 12. The number of nitrogens with zero attached hydrogens (tertiary/aromatic N) is 6. The maximum atomic E-state index is 13.0. The number of hydrazone groups is 1. The molecular weight excluding hydrogens is 550 g/mol. The van der Waals surface area contributed by atoms with Gasteiger partial charge in [0.2, 0.25) is 5.95 Å². The van der Waals surface area contributed by atoms with Crippen LogP contribution in [-0.2, 0) is 0 Å². The first-order chi connectivity index (χ1) is 18.1. The SMILES string of the molecule is O=[N+]([O-])c1ccc(Nc2nc(NN=Cc3cc([N+](=O)[O-])ccc3O)nc(OC(C(F)(F)F)C(F)(F)F)n2)cc1. The standard InChI is InChI=1S/C19H12F6N8O6/c20-18(21,22)14(19(23,24)25)39-17-29-15(27-10-1-3-11(4-2-10)32(35)36)28-16(30-17)31-26-8-9-7-12(33(37)38)5-6-13(9)34/h1-8,14,34H,(H2,27,28,29,30,31). The van der Waals surface area contributed by atoms with Gasteiger partial charge in [-0.05, 0) is 18.2 Å². The van der Waals surface area contributed by atoms with E-state index in [9.17, 15) is 51.7 Å². The second-order valence-corrected chi connectivity index (χ2v) is 7.15. The molecule has 0 unspecified atom stereocenters. The third-order valence-corrected chi connectivity index (χ3v) is 4.36. The summed E-state index contributed by atoms with van der Waals surface area (Å²) < 4.78 is 81.8. The minimum absolute atomic E-state index is 0.0388. The molecule has 0 radical (unpaired) electrons. The molecule has 1 aromatic heterocycles. The Kier molecular flexibility index (Phi) is 7.96. The van der Waals surface area contributed by atoms with Gasteiger partial charge < -0.3 is 15.2 Å². The van der Waals surface area contributed by atoms with E-state index in [1.54, 1.807) is 0 Å². The summed E-state index contributed by atoms with van der Waals surface area (Å²) in [7, 11) is 0. The van der Waals surface area contributed by atoms with Gasteiger partial charge in [-0.15, -0.1) is 0 Å². The number of phenolic OH excluding ortho intramolecular Hbond substituents is 1. The fourth-order valence-electron chi connectivity index (χ4n) is 2.65. The van der Waals surface area contributed by atoms with Gasteiger partial charge in [-0.3, -0.25) is 20.2 Å². The summed E-state index contributed by atoms with van der Waals surface area (Å²) in [6, 6.07) is 5.82. The molecule has 0 aliphatic rings. The van der Waals surface area contributed by atoms with Gasteiger partial charge in [0.1, 0.15) is 5.75 Å². The summed E-state index contributed by atoms with van der Waals surface area (Å²) >= 11 is 0. The Bertz CT molecular complexity index is 1390. The molecule has 0 saturated carbocycles. The topological polar surface area (TPSA) is 191 Å². The molecule has 3 rings (SSSR count). The van der Waals surface area contributed by atoms with E-state index in [0.29, 0.717) is 0 Å². The maximum Gasteiger partial charge on any atom is 0.434 e. The molecule has 0 atom stereocenters. The van der Waals surface area contributed by atoms with Crippen molar-refractivity contribution >= 4 is 35.2 Å². The van der Waals surface area contributed by atoms with Crippen LogP contribution in [0.5, 0.6) is 11.8 Å². The lowest BCUT2D eigenvalue weighted by atomic mass is 10.2. The maximum absolute atomic E-state index is 13.0. The highest BCUT2D eigenvalue weighted by atomic mass is 19.4. The number of rotatable bonds is 9. The van der Waals surface area contributed by atoms with Crippen molar-refractivity contribution in [2.24, 2.45) is 5.10 Å². The van der Waals surface area contributed by atoms with E-state index in [4.69, 9.17) is 0 Å². The smallest absolute Gasteiger partial charge is 0.434 e. The summed E-state index contributed by atoms with van der Waals surface area (Å²) in [6.07, 6.45) is -15.3. The molecule has 3 N–H and O–H groups in total. The molecule has 0 fully saturated rings. The second kappa shape index (κ2) is 11.0. The van der Waals surface area contributed by atoms with Gasteiger partial charge in [0, 0.05) is 35.5 Å². The summed E-state index contributed by atoms with van der Waals surface area (Å²) in [5, 5.41) is 37.4. The normalized spacial score (nSPS) is 12.0. The minimum Gasteiger partial charge on any atom is -0.507 e. The lowest BCUT2D eigenvalue weighted by Crippen LogP contribution is -2.46. The number of aromatic hydroxyl groups is 1. The summed E-state index contributed by atoms with van der Waals surface area (Å²) in [6.45, 7) is 0. The highest BCUT2D eigenvalue weighted by Gasteiger charge is 2.59. The third kappa shape index (κ3) is 7.60. The van der Waals surface area contributed by atoms with E-state index >= 15 is 0 Å². The molecule has 0 saturated heterocycles. The fourth-order valence-corrected chi connectivity index (χ4v) is 2.65. The highest BCUT2D eigenvalue weighted by Crippen LogP contribution is 2.36. The molecule has 3 aromatic rings. The van der Waals surface area contributed by atoms with E-state index in [-0.39, 0.29) is 16.9 Å². The molecule has 206 valence electrons. The van der Waals surface area contributed by atoms with E-state index in [1.165, 1.54) is 0 Å². The Morgan fingerprint density at radius 2 is 1.46 bits per heavy atom. The number of nitro benzene ring substituents is 2. The van der Waals surface area contributed by atoms with Crippen molar-refractivity contribution in [1.82, 2.24) is 15.0 Å². The number of non-ortho nitro benzene ring substituents is 2. The zero-order valence-corrected chi connectivity index (χ0v) is 18.6. The molecule has 0 aliphatic heterocycles. The molecule has 0 amide bonds. The van der Waals surface area contributed by atoms with Crippen molar-refractivity contribution in [3.8, 4) is 11.8 Å². The molecule has 0 aliphatic carbocycles. The van der Waals surface area contributed by atoms with E-state index in [0.717, 1.165) is 48.7 Å². The number of halogens is 6. The lowest BCUT2D eigenvalue weighted by molar-refractivity contribution is -0.385. The number of aromatic nitrogens is 3. The Labute approximate surface area is 211 Å². The average molecular weight is 562 g/mol. The first kappa shape index (κ1) is 28.3. The number of ether oxygens (including phenoxy) is 1. The van der Waals surface area contributed by atoms with Crippen LogP contribution in [0.1, 0.15) is 5.56 Å². The van der Waals surface area contributed by atoms with Crippen LogP contribution in [-0.4, -0.2) is 54.6 Å². The van der Waals surface area contributed by atoms with E-state index < -0.39 is 57.6 Å². The molecule has 2 aromatic carbocycles. The molecule has 14 nitrogen and oxygen atoms in total. The number of anilines is 3. The predicted molar refractivity (Wildman–Crippen MR) is 119 cm³/mol. The largest absolute Gasteiger partial charge is 0.507 e. The Morgan fingerprint density at radius 3 is 2.03 bits per heavy atom. The molecular formula is C19H12F6N8O6. The average Bonchev–Trinajstić information content (AvgIpc) is 2.82. The van der Waals surface area contributed by atoms with Crippen LogP contribution < -0.4 is 15.5 Å². The van der Waals surface area contributed by atoms with Gasteiger partial charge in [-0.1, -0.05) is 0 Å². The Hall–Kier alpha value is -5.30. The zero-order valence-electron chi connectivity index (χ0n) is 18.6. The number of nitro groups is 2. The van der Waals surface area contributed by atoms with Crippen LogP contribution >= 0.6 is 0 Å². The number of benzene rings is 2. The van der Waals surface area contributed by atoms with Crippen molar-refractivity contribution < 1.29 is 46.0 Å². The van der Waals surface area contributed by atoms with Crippen LogP contribution in [0.2, 0.25) is 0 Å². The summed E-state index contributed by atoms with van der Waals surface area (Å²) in [5.74, 6) is -1.87. The van der Waals surface area contributed by atoms with Gasteiger partial charge in [0.15, 0.2) is 0 Å². The second-order valence-electron chi connectivity index (χ2n) is 7.15. The van der Waals surface area contributed by atoms with Crippen molar-refractivity contribution in [1.29, 1.82) is 0 Å².